The molecule has 3 aromatic rings. The van der Waals surface area contributed by atoms with Crippen LogP contribution >= 0.6 is 11.6 Å². The number of aliphatic hydroxyl groups excluding tert-OH is 1. The molecular weight excluding hydrogens is 388 g/mol. The highest BCUT2D eigenvalue weighted by Crippen LogP contribution is 2.46. The fourth-order valence-corrected chi connectivity index (χ4v) is 3.82. The number of benzene rings is 2. The number of aromatic nitrogens is 2. The zero-order valence-electron chi connectivity index (χ0n) is 16.1. The third-order valence-corrected chi connectivity index (χ3v) is 5.45. The second-order valence-electron chi connectivity index (χ2n) is 7.57. The van der Waals surface area contributed by atoms with E-state index in [1.54, 1.807) is 30.6 Å². The number of aromatic amines is 1. The van der Waals surface area contributed by atoms with Crippen molar-refractivity contribution in [3.63, 3.8) is 0 Å². The predicted octanol–water partition coefficient (Wildman–Crippen LogP) is 4.89. The summed E-state index contributed by atoms with van der Waals surface area (Å²) in [4.78, 5) is 13.1. The lowest BCUT2D eigenvalue weighted by Crippen LogP contribution is -2.53. The van der Waals surface area contributed by atoms with E-state index in [9.17, 15) is 5.11 Å². The topological polar surface area (TPSA) is 65.7 Å². The number of nitrogens with zero attached hydrogens (tertiary/aromatic N) is 3. The van der Waals surface area contributed by atoms with Crippen molar-refractivity contribution in [1.29, 1.82) is 0 Å². The molecule has 29 heavy (non-hydrogen) atoms. The molecule has 2 heterocycles. The molecule has 1 aromatic heterocycles. The first-order chi connectivity index (χ1) is 13.9. The number of halogens is 1. The Morgan fingerprint density at radius 3 is 2.69 bits per heavy atom. The summed E-state index contributed by atoms with van der Waals surface area (Å²) in [6.45, 7) is 11.6. The lowest BCUT2D eigenvalue weighted by atomic mass is 9.85. The maximum atomic E-state index is 11.3. The Morgan fingerprint density at radius 2 is 2.03 bits per heavy atom. The molecule has 0 spiro atoms. The Labute approximate surface area is 174 Å². The number of rotatable bonds is 4. The third-order valence-electron chi connectivity index (χ3n) is 5.19. The van der Waals surface area contributed by atoms with Gasteiger partial charge >= 0.3 is 0 Å². The molecule has 0 amide bonds. The molecule has 0 radical (unpaired) electrons. The van der Waals surface area contributed by atoms with E-state index < -0.39 is 17.7 Å². The highest BCUT2D eigenvalue weighted by Gasteiger charge is 2.45. The molecule has 1 aliphatic rings. The van der Waals surface area contributed by atoms with Gasteiger partial charge in [-0.2, -0.15) is 0 Å². The molecule has 0 saturated carbocycles. The Balaban J connectivity index is 1.88. The molecule has 0 saturated heterocycles. The Morgan fingerprint density at radius 1 is 1.28 bits per heavy atom. The van der Waals surface area contributed by atoms with Gasteiger partial charge in [0.2, 0.25) is 0 Å². The van der Waals surface area contributed by atoms with Crippen molar-refractivity contribution in [3.8, 4) is 5.75 Å². The van der Waals surface area contributed by atoms with Crippen molar-refractivity contribution in [2.45, 2.75) is 38.1 Å². The average Bonchev–Trinajstić information content (AvgIpc) is 3.21. The minimum Gasteiger partial charge on any atom is -0.485 e. The second kappa shape index (κ2) is 7.43. The van der Waals surface area contributed by atoms with Crippen LogP contribution in [0.2, 0.25) is 5.02 Å². The lowest BCUT2D eigenvalue weighted by molar-refractivity contribution is -0.0590. The number of fused-ring (bicyclic) bond motifs is 1. The zero-order valence-corrected chi connectivity index (χ0v) is 16.9. The Kier molecular flexibility index (Phi) is 4.95. The van der Waals surface area contributed by atoms with Gasteiger partial charge in [0.05, 0.1) is 19.2 Å². The third kappa shape index (κ3) is 3.67. The minimum atomic E-state index is -0.846. The van der Waals surface area contributed by atoms with Gasteiger partial charge in [0.1, 0.15) is 23.3 Å². The van der Waals surface area contributed by atoms with E-state index >= 15 is 0 Å². The largest absolute Gasteiger partial charge is 0.485 e. The molecule has 148 valence electrons. The molecule has 6 nitrogen and oxygen atoms in total. The first-order valence-electron chi connectivity index (χ1n) is 9.28. The van der Waals surface area contributed by atoms with Crippen molar-refractivity contribution in [2.75, 3.05) is 4.90 Å². The summed E-state index contributed by atoms with van der Waals surface area (Å²) >= 11 is 6.10. The summed E-state index contributed by atoms with van der Waals surface area (Å²) in [7, 11) is 0. The second-order valence-corrected chi connectivity index (χ2v) is 8.01. The van der Waals surface area contributed by atoms with Crippen molar-refractivity contribution in [3.05, 3.63) is 82.7 Å². The van der Waals surface area contributed by atoms with Crippen LogP contribution in [0.25, 0.3) is 4.85 Å². The molecule has 7 heteroatoms. The van der Waals surface area contributed by atoms with Crippen LogP contribution in [0, 0.1) is 6.57 Å². The highest BCUT2D eigenvalue weighted by atomic mass is 35.5. The fraction of sp³-hybridized carbons (Fsp3) is 0.273. The number of aliphatic hydroxyl groups is 1. The van der Waals surface area contributed by atoms with E-state index in [2.05, 4.69) is 19.7 Å². The number of hydrogen-bond donors (Lipinski definition) is 2. The van der Waals surface area contributed by atoms with Gasteiger partial charge in [-0.15, -0.1) is 0 Å². The number of ether oxygens (including phenoxy) is 1. The molecular formula is C22H21ClN4O2. The van der Waals surface area contributed by atoms with Crippen LogP contribution in [0.1, 0.15) is 31.3 Å². The van der Waals surface area contributed by atoms with Crippen molar-refractivity contribution < 1.29 is 9.84 Å². The molecule has 1 aliphatic heterocycles. The van der Waals surface area contributed by atoms with Crippen LogP contribution in [0.4, 0.5) is 11.4 Å². The molecule has 4 rings (SSSR count). The van der Waals surface area contributed by atoms with E-state index in [1.165, 1.54) is 0 Å². The maximum absolute atomic E-state index is 11.3. The summed E-state index contributed by atoms with van der Waals surface area (Å²) in [5.41, 5.74) is 1.34. The van der Waals surface area contributed by atoms with Gasteiger partial charge in [-0.1, -0.05) is 17.7 Å². The molecule has 0 aliphatic carbocycles. The Bertz CT molecular complexity index is 1040. The Hall–Kier alpha value is -3.01. The molecule has 2 aromatic carbocycles. The van der Waals surface area contributed by atoms with E-state index in [4.69, 9.17) is 22.9 Å². The molecule has 0 bridgehead atoms. The first-order valence-corrected chi connectivity index (χ1v) is 9.66. The standard InChI is InChI=1S/C22H21ClN4O2/c1-22(2)21(28)20(17-12-15(24-3)6-9-18(17)29-22)27(13-19-25-10-11-26-19)16-7-4-14(23)5-8-16/h4-12,20-21,28H,13H2,1-2H3,(H,25,26). The number of H-pyrrole nitrogens is 1. The van der Waals surface area contributed by atoms with Gasteiger partial charge in [-0.3, -0.25) is 0 Å². The van der Waals surface area contributed by atoms with Crippen LogP contribution in [0.15, 0.2) is 54.9 Å². The molecule has 0 fully saturated rings. The van der Waals surface area contributed by atoms with Crippen molar-refractivity contribution in [1.82, 2.24) is 9.97 Å². The predicted molar refractivity (Wildman–Crippen MR) is 112 cm³/mol. The van der Waals surface area contributed by atoms with Crippen molar-refractivity contribution in [2.24, 2.45) is 0 Å². The van der Waals surface area contributed by atoms with Crippen molar-refractivity contribution >= 4 is 23.0 Å². The minimum absolute atomic E-state index is 0.439. The summed E-state index contributed by atoms with van der Waals surface area (Å²) in [5.74, 6) is 1.43. The molecule has 2 atom stereocenters. The fourth-order valence-electron chi connectivity index (χ4n) is 3.69. The van der Waals surface area contributed by atoms with Gasteiger partial charge in [-0.25, -0.2) is 9.83 Å². The summed E-state index contributed by atoms with van der Waals surface area (Å²) in [6, 6.07) is 12.3. The lowest BCUT2D eigenvalue weighted by Gasteiger charge is -2.47. The van der Waals surface area contributed by atoms with Crippen LogP contribution in [0.3, 0.4) is 0 Å². The van der Waals surface area contributed by atoms with Gasteiger partial charge < -0.3 is 19.7 Å². The zero-order chi connectivity index (χ0) is 20.6. The SMILES string of the molecule is [C-]#[N+]c1ccc2c(c1)C(N(Cc1ncc[nH]1)c1ccc(Cl)cc1)C(O)C(C)(C)O2. The monoisotopic (exact) mass is 408 g/mol. The maximum Gasteiger partial charge on any atom is 0.187 e. The first kappa shape index (κ1) is 19.3. The van der Waals surface area contributed by atoms with Crippen LogP contribution in [0.5, 0.6) is 5.75 Å². The van der Waals surface area contributed by atoms with Crippen LogP contribution in [-0.4, -0.2) is 26.8 Å². The normalized spacial score (nSPS) is 19.7. The summed E-state index contributed by atoms with van der Waals surface area (Å²) < 4.78 is 6.08. The smallest absolute Gasteiger partial charge is 0.187 e. The molecule has 2 N–H and O–H groups in total. The summed E-state index contributed by atoms with van der Waals surface area (Å²) in [6.07, 6.45) is 2.62. The van der Waals surface area contributed by atoms with Crippen LogP contribution in [-0.2, 0) is 6.54 Å². The molecule has 2 unspecified atom stereocenters. The van der Waals surface area contributed by atoms with E-state index in [1.807, 2.05) is 38.1 Å². The number of nitrogens with one attached hydrogen (secondary N) is 1. The van der Waals surface area contributed by atoms with E-state index in [-0.39, 0.29) is 0 Å². The van der Waals surface area contributed by atoms with Gasteiger partial charge in [0.25, 0.3) is 0 Å². The summed E-state index contributed by atoms with van der Waals surface area (Å²) in [5, 5.41) is 12.0. The quantitative estimate of drug-likeness (QED) is 0.603. The number of hydrogen-bond acceptors (Lipinski definition) is 4. The van der Waals surface area contributed by atoms with Gasteiger partial charge in [-0.05, 0) is 50.2 Å². The van der Waals surface area contributed by atoms with E-state index in [0.29, 0.717) is 23.0 Å². The highest BCUT2D eigenvalue weighted by molar-refractivity contribution is 6.30. The number of imidazole rings is 1. The van der Waals surface area contributed by atoms with Gasteiger partial charge in [0.15, 0.2) is 5.69 Å². The van der Waals surface area contributed by atoms with Gasteiger partial charge in [0, 0.05) is 28.7 Å². The number of anilines is 1. The van der Waals surface area contributed by atoms with Crippen LogP contribution < -0.4 is 9.64 Å². The average molecular weight is 409 g/mol. The van der Waals surface area contributed by atoms with E-state index in [0.717, 1.165) is 17.1 Å².